The molecule has 22 heavy (non-hydrogen) atoms. The molecule has 1 saturated heterocycles. The molecular formula is C16H23FN3O2+. The highest BCUT2D eigenvalue weighted by Crippen LogP contribution is 2.09. The quantitative estimate of drug-likeness (QED) is 0.821. The Morgan fingerprint density at radius 2 is 1.86 bits per heavy atom. The second-order valence-corrected chi connectivity index (χ2v) is 5.83. The van der Waals surface area contributed by atoms with E-state index in [4.69, 9.17) is 0 Å². The van der Waals surface area contributed by atoms with Crippen molar-refractivity contribution in [2.75, 3.05) is 32.0 Å². The lowest BCUT2D eigenvalue weighted by Crippen LogP contribution is -3.15. The minimum Gasteiger partial charge on any atom is -0.338 e. The molecule has 1 aliphatic heterocycles. The summed E-state index contributed by atoms with van der Waals surface area (Å²) in [6.07, 6.45) is 2.12. The van der Waals surface area contributed by atoms with Gasteiger partial charge in [0.25, 0.3) is 11.8 Å². The highest BCUT2D eigenvalue weighted by Gasteiger charge is 2.29. The molecule has 2 amide bonds. The maximum absolute atomic E-state index is 12.8. The van der Waals surface area contributed by atoms with Crippen molar-refractivity contribution in [3.63, 3.8) is 0 Å². The van der Waals surface area contributed by atoms with Gasteiger partial charge in [-0.05, 0) is 44.0 Å². The molecule has 1 aromatic rings. The largest absolute Gasteiger partial charge is 0.338 e. The molecule has 2 N–H and O–H groups in total. The van der Waals surface area contributed by atoms with Crippen LogP contribution in [0.4, 0.5) is 10.1 Å². The lowest BCUT2D eigenvalue weighted by Gasteiger charge is -2.24. The van der Waals surface area contributed by atoms with Crippen LogP contribution in [0.3, 0.4) is 0 Å². The van der Waals surface area contributed by atoms with Crippen LogP contribution >= 0.6 is 0 Å². The van der Waals surface area contributed by atoms with E-state index < -0.39 is 0 Å². The Morgan fingerprint density at radius 3 is 2.45 bits per heavy atom. The molecule has 0 bridgehead atoms. The highest BCUT2D eigenvalue weighted by atomic mass is 19.1. The van der Waals surface area contributed by atoms with Gasteiger partial charge in [0.1, 0.15) is 5.82 Å². The number of anilines is 1. The van der Waals surface area contributed by atoms with Gasteiger partial charge in [-0.3, -0.25) is 9.59 Å². The van der Waals surface area contributed by atoms with Crippen LogP contribution in [0.25, 0.3) is 0 Å². The van der Waals surface area contributed by atoms with Crippen LogP contribution in [-0.4, -0.2) is 49.4 Å². The molecule has 2 rings (SSSR count). The summed E-state index contributed by atoms with van der Waals surface area (Å²) in [5.74, 6) is -0.430. The van der Waals surface area contributed by atoms with E-state index in [1.165, 1.54) is 24.3 Å². The number of amides is 2. The number of hydrogen-bond donors (Lipinski definition) is 2. The number of likely N-dealkylation sites (N-methyl/N-ethyl adjacent to an activating group) is 1. The van der Waals surface area contributed by atoms with Crippen molar-refractivity contribution in [2.24, 2.45) is 0 Å². The zero-order chi connectivity index (χ0) is 16.1. The van der Waals surface area contributed by atoms with Crippen LogP contribution in [-0.2, 0) is 9.59 Å². The minimum atomic E-state index is -0.342. The average Bonchev–Trinajstić information content (AvgIpc) is 3.02. The molecule has 2 atom stereocenters. The van der Waals surface area contributed by atoms with Crippen molar-refractivity contribution in [3.8, 4) is 0 Å². The van der Waals surface area contributed by atoms with Crippen LogP contribution in [0, 0.1) is 5.82 Å². The van der Waals surface area contributed by atoms with Crippen molar-refractivity contribution >= 4 is 17.5 Å². The standard InChI is InChI=1S/C16H22FN3O2/c1-12(16(22)20-9-3-4-10-20)19(2)11-15(21)18-14-7-5-13(17)6-8-14/h5-8,12H,3-4,9-11H2,1-2H3,(H,18,21)/p+1/t12-/m0/s1. The Kier molecular flexibility index (Phi) is 5.49. The Bertz CT molecular complexity index is 527. The third kappa shape index (κ3) is 4.27. The van der Waals surface area contributed by atoms with Crippen molar-refractivity contribution in [2.45, 2.75) is 25.8 Å². The topological polar surface area (TPSA) is 53.9 Å². The van der Waals surface area contributed by atoms with Crippen LogP contribution < -0.4 is 10.2 Å². The smallest absolute Gasteiger partial charge is 0.280 e. The second-order valence-electron chi connectivity index (χ2n) is 5.83. The number of likely N-dealkylation sites (tertiary alicyclic amines) is 1. The first-order valence-electron chi connectivity index (χ1n) is 7.64. The van der Waals surface area contributed by atoms with Gasteiger partial charge in [0.05, 0.1) is 7.05 Å². The number of carbonyl (C=O) groups excluding carboxylic acids is 2. The summed E-state index contributed by atoms with van der Waals surface area (Å²) in [5.41, 5.74) is 0.553. The molecule has 1 fully saturated rings. The maximum atomic E-state index is 12.8. The molecule has 1 aromatic carbocycles. The molecule has 1 heterocycles. The Morgan fingerprint density at radius 1 is 1.27 bits per heavy atom. The van der Waals surface area contributed by atoms with Gasteiger partial charge in [-0.25, -0.2) is 4.39 Å². The lowest BCUT2D eigenvalue weighted by molar-refractivity contribution is -0.886. The zero-order valence-electron chi connectivity index (χ0n) is 13.1. The van der Waals surface area contributed by atoms with Crippen LogP contribution in [0.2, 0.25) is 0 Å². The average molecular weight is 308 g/mol. The normalized spacial score (nSPS) is 17.1. The fraction of sp³-hybridized carbons (Fsp3) is 0.500. The molecular weight excluding hydrogens is 285 g/mol. The summed E-state index contributed by atoms with van der Waals surface area (Å²) in [6.45, 7) is 3.68. The van der Waals surface area contributed by atoms with E-state index in [2.05, 4.69) is 5.32 Å². The van der Waals surface area contributed by atoms with Crippen molar-refractivity contribution < 1.29 is 18.9 Å². The van der Waals surface area contributed by atoms with E-state index in [0.717, 1.165) is 30.8 Å². The minimum absolute atomic E-state index is 0.101. The van der Waals surface area contributed by atoms with Crippen LogP contribution in [0.15, 0.2) is 24.3 Å². The summed E-state index contributed by atoms with van der Waals surface area (Å²) >= 11 is 0. The molecule has 1 aliphatic rings. The molecule has 0 spiro atoms. The van der Waals surface area contributed by atoms with E-state index in [-0.39, 0.29) is 30.2 Å². The van der Waals surface area contributed by atoms with Gasteiger partial charge in [0.15, 0.2) is 12.6 Å². The van der Waals surface area contributed by atoms with Crippen molar-refractivity contribution in [1.82, 2.24) is 4.90 Å². The predicted molar refractivity (Wildman–Crippen MR) is 82.1 cm³/mol. The van der Waals surface area contributed by atoms with Gasteiger partial charge in [-0.15, -0.1) is 0 Å². The molecule has 0 saturated carbocycles. The van der Waals surface area contributed by atoms with E-state index in [1.807, 2.05) is 18.9 Å². The van der Waals surface area contributed by atoms with Gasteiger partial charge in [0.2, 0.25) is 0 Å². The third-order valence-electron chi connectivity index (χ3n) is 4.09. The summed E-state index contributed by atoms with van der Waals surface area (Å²) in [7, 11) is 1.84. The fourth-order valence-electron chi connectivity index (χ4n) is 2.57. The number of halogens is 1. The van der Waals surface area contributed by atoms with E-state index in [0.29, 0.717) is 5.69 Å². The van der Waals surface area contributed by atoms with Crippen molar-refractivity contribution in [3.05, 3.63) is 30.1 Å². The number of nitrogens with zero attached hydrogens (tertiary/aromatic N) is 1. The fourth-order valence-corrected chi connectivity index (χ4v) is 2.57. The first-order valence-corrected chi connectivity index (χ1v) is 7.64. The van der Waals surface area contributed by atoms with E-state index >= 15 is 0 Å². The number of quaternary nitrogens is 1. The number of rotatable bonds is 5. The summed E-state index contributed by atoms with van der Waals surface area (Å²) in [4.78, 5) is 27.0. The van der Waals surface area contributed by atoms with Crippen LogP contribution in [0.5, 0.6) is 0 Å². The third-order valence-corrected chi connectivity index (χ3v) is 4.09. The van der Waals surface area contributed by atoms with E-state index in [9.17, 15) is 14.0 Å². The van der Waals surface area contributed by atoms with Gasteiger partial charge in [0, 0.05) is 18.8 Å². The zero-order valence-corrected chi connectivity index (χ0v) is 13.1. The van der Waals surface area contributed by atoms with Gasteiger partial charge in [-0.2, -0.15) is 0 Å². The Labute approximate surface area is 130 Å². The Balaban J connectivity index is 1.84. The van der Waals surface area contributed by atoms with Crippen LogP contribution in [0.1, 0.15) is 19.8 Å². The lowest BCUT2D eigenvalue weighted by atomic mass is 10.2. The Hall–Kier alpha value is -1.95. The number of nitrogens with one attached hydrogen (secondary N) is 2. The van der Waals surface area contributed by atoms with Gasteiger partial charge < -0.3 is 15.1 Å². The maximum Gasteiger partial charge on any atom is 0.280 e. The van der Waals surface area contributed by atoms with Crippen molar-refractivity contribution in [1.29, 1.82) is 0 Å². The molecule has 120 valence electrons. The second kappa shape index (κ2) is 7.35. The number of benzene rings is 1. The summed E-state index contributed by atoms with van der Waals surface area (Å²) in [5, 5.41) is 2.71. The van der Waals surface area contributed by atoms with Gasteiger partial charge in [-0.1, -0.05) is 0 Å². The molecule has 6 heteroatoms. The molecule has 5 nitrogen and oxygen atoms in total. The molecule has 0 aromatic heterocycles. The summed E-state index contributed by atoms with van der Waals surface area (Å²) in [6, 6.07) is 5.37. The molecule has 1 unspecified atom stereocenters. The molecule has 0 radical (unpaired) electrons. The van der Waals surface area contributed by atoms with E-state index in [1.54, 1.807) is 0 Å². The number of hydrogen-bond acceptors (Lipinski definition) is 2. The first kappa shape index (κ1) is 16.4. The predicted octanol–water partition coefficient (Wildman–Crippen LogP) is 0.290. The SMILES string of the molecule is C[C@@H](C(=O)N1CCCC1)[NH+](C)CC(=O)Nc1ccc(F)cc1. The summed E-state index contributed by atoms with van der Waals surface area (Å²) < 4.78 is 12.8. The monoisotopic (exact) mass is 308 g/mol. The highest BCUT2D eigenvalue weighted by molar-refractivity contribution is 5.91. The van der Waals surface area contributed by atoms with Gasteiger partial charge >= 0.3 is 0 Å². The number of carbonyl (C=O) groups is 2. The molecule has 0 aliphatic carbocycles. The first-order chi connectivity index (χ1) is 10.5.